The molecular weight excluding hydrogens is 436 g/mol. The molecule has 2 aliphatic rings. The van der Waals surface area contributed by atoms with Gasteiger partial charge in [0.2, 0.25) is 0 Å². The van der Waals surface area contributed by atoms with Gasteiger partial charge in [-0.05, 0) is 48.6 Å². The van der Waals surface area contributed by atoms with E-state index in [-0.39, 0.29) is 16.8 Å². The molecule has 0 radical (unpaired) electrons. The van der Waals surface area contributed by atoms with Gasteiger partial charge in [0.25, 0.3) is 5.91 Å². The van der Waals surface area contributed by atoms with Crippen molar-refractivity contribution in [1.82, 2.24) is 5.32 Å². The summed E-state index contributed by atoms with van der Waals surface area (Å²) in [5.74, 6) is -3.06. The van der Waals surface area contributed by atoms with Crippen molar-refractivity contribution in [3.8, 4) is 0 Å². The standard InChI is InChI=1S/C27H29F2N3O2/c1-15-22(26(34)31-25-18(28)7-6-8-19(25)29)23(16-9-11-17(12-10-16)32(4)5)24-20(30-15)13-27(2,3)14-21(24)33/h6-12,23,30H,13-14H2,1-5H3,(H,31,34). The second kappa shape index (κ2) is 8.70. The number of para-hydroxylation sites is 1. The van der Waals surface area contributed by atoms with Gasteiger partial charge in [-0.1, -0.05) is 32.0 Å². The molecule has 178 valence electrons. The summed E-state index contributed by atoms with van der Waals surface area (Å²) in [6, 6.07) is 11.1. The Labute approximate surface area is 198 Å². The van der Waals surface area contributed by atoms with Crippen molar-refractivity contribution in [2.45, 2.75) is 39.5 Å². The quantitative estimate of drug-likeness (QED) is 0.646. The highest BCUT2D eigenvalue weighted by atomic mass is 19.1. The largest absolute Gasteiger partial charge is 0.378 e. The number of nitrogens with one attached hydrogen (secondary N) is 2. The molecule has 1 heterocycles. The first-order chi connectivity index (χ1) is 16.0. The summed E-state index contributed by atoms with van der Waals surface area (Å²) < 4.78 is 28.6. The number of nitrogens with zero attached hydrogens (tertiary/aromatic N) is 1. The number of halogens is 2. The highest BCUT2D eigenvalue weighted by molar-refractivity contribution is 6.10. The van der Waals surface area contributed by atoms with Gasteiger partial charge >= 0.3 is 0 Å². The summed E-state index contributed by atoms with van der Waals surface area (Å²) in [5, 5.41) is 5.67. The van der Waals surface area contributed by atoms with Crippen LogP contribution in [0.15, 0.2) is 65.0 Å². The Hall–Kier alpha value is -3.48. The third-order valence-corrected chi connectivity index (χ3v) is 6.43. The summed E-state index contributed by atoms with van der Waals surface area (Å²) in [4.78, 5) is 28.8. The molecule has 0 bridgehead atoms. The van der Waals surface area contributed by atoms with Gasteiger partial charge in [-0.3, -0.25) is 9.59 Å². The average Bonchev–Trinajstić information content (AvgIpc) is 2.74. The highest BCUT2D eigenvalue weighted by Gasteiger charge is 2.42. The second-order valence-electron chi connectivity index (χ2n) is 9.97. The van der Waals surface area contributed by atoms with E-state index in [0.717, 1.165) is 29.1 Å². The molecule has 34 heavy (non-hydrogen) atoms. The predicted molar refractivity (Wildman–Crippen MR) is 129 cm³/mol. The van der Waals surface area contributed by atoms with Gasteiger partial charge in [-0.25, -0.2) is 8.78 Å². The molecule has 1 aliphatic heterocycles. The Morgan fingerprint density at radius 2 is 1.68 bits per heavy atom. The Morgan fingerprint density at radius 3 is 2.26 bits per heavy atom. The van der Waals surface area contributed by atoms with Crippen LogP contribution in [0.5, 0.6) is 0 Å². The van der Waals surface area contributed by atoms with Crippen LogP contribution in [0.25, 0.3) is 0 Å². The minimum Gasteiger partial charge on any atom is -0.378 e. The van der Waals surface area contributed by atoms with E-state index in [1.165, 1.54) is 6.07 Å². The fourth-order valence-corrected chi connectivity index (χ4v) is 4.83. The number of hydrogen-bond donors (Lipinski definition) is 2. The maximum absolute atomic E-state index is 14.3. The lowest BCUT2D eigenvalue weighted by Gasteiger charge is -2.39. The minimum atomic E-state index is -0.863. The van der Waals surface area contributed by atoms with Crippen molar-refractivity contribution < 1.29 is 18.4 Å². The molecule has 1 atom stereocenters. The van der Waals surface area contributed by atoms with Crippen molar-refractivity contribution in [2.24, 2.45) is 5.41 Å². The van der Waals surface area contributed by atoms with Gasteiger partial charge in [0.1, 0.15) is 17.3 Å². The molecule has 1 aliphatic carbocycles. The molecule has 0 saturated heterocycles. The maximum atomic E-state index is 14.3. The summed E-state index contributed by atoms with van der Waals surface area (Å²) in [6.07, 6.45) is 1.02. The molecule has 1 unspecified atom stereocenters. The van der Waals surface area contributed by atoms with Gasteiger partial charge in [0, 0.05) is 54.7 Å². The van der Waals surface area contributed by atoms with Crippen LogP contribution in [0.3, 0.4) is 0 Å². The van der Waals surface area contributed by atoms with E-state index >= 15 is 0 Å². The van der Waals surface area contributed by atoms with Gasteiger partial charge in [0.05, 0.1) is 0 Å². The molecule has 7 heteroatoms. The Balaban J connectivity index is 1.82. The number of dihydropyridines is 1. The second-order valence-corrected chi connectivity index (χ2v) is 9.97. The van der Waals surface area contributed by atoms with Crippen molar-refractivity contribution in [3.05, 3.63) is 82.2 Å². The number of carbonyl (C=O) groups excluding carboxylic acids is 2. The van der Waals surface area contributed by atoms with Crippen LogP contribution in [-0.2, 0) is 9.59 Å². The molecule has 5 nitrogen and oxygen atoms in total. The molecular formula is C27H29F2N3O2. The number of anilines is 2. The van der Waals surface area contributed by atoms with E-state index in [9.17, 15) is 18.4 Å². The van der Waals surface area contributed by atoms with Crippen LogP contribution in [0.1, 0.15) is 45.1 Å². The zero-order valence-corrected chi connectivity index (χ0v) is 20.1. The summed E-state index contributed by atoms with van der Waals surface area (Å²) >= 11 is 0. The van der Waals surface area contributed by atoms with Gasteiger partial charge in [-0.15, -0.1) is 0 Å². The van der Waals surface area contributed by atoms with Crippen LogP contribution in [0, 0.1) is 17.0 Å². The van der Waals surface area contributed by atoms with Gasteiger partial charge < -0.3 is 15.5 Å². The van der Waals surface area contributed by atoms with Crippen LogP contribution >= 0.6 is 0 Å². The molecule has 2 aromatic carbocycles. The SMILES string of the molecule is CC1=C(C(=O)Nc2c(F)cccc2F)C(c2ccc(N(C)C)cc2)C2=C(CC(C)(C)CC2=O)N1. The van der Waals surface area contributed by atoms with Crippen molar-refractivity contribution in [3.63, 3.8) is 0 Å². The number of amides is 1. The Bertz CT molecular complexity index is 1210. The zero-order chi connectivity index (χ0) is 24.8. The number of hydrogen-bond acceptors (Lipinski definition) is 4. The number of carbonyl (C=O) groups is 2. The third-order valence-electron chi connectivity index (χ3n) is 6.43. The van der Waals surface area contributed by atoms with Crippen LogP contribution in [0.2, 0.25) is 0 Å². The molecule has 0 saturated carbocycles. The molecule has 0 aromatic heterocycles. The fourth-order valence-electron chi connectivity index (χ4n) is 4.83. The topological polar surface area (TPSA) is 61.4 Å². The molecule has 4 rings (SSSR count). The maximum Gasteiger partial charge on any atom is 0.254 e. The minimum absolute atomic E-state index is 0.0321. The third kappa shape index (κ3) is 4.34. The summed E-state index contributed by atoms with van der Waals surface area (Å²) in [5.41, 5.74) is 3.20. The van der Waals surface area contributed by atoms with E-state index < -0.39 is 29.1 Å². The average molecular weight is 466 g/mol. The zero-order valence-electron chi connectivity index (χ0n) is 20.1. The first-order valence-electron chi connectivity index (χ1n) is 11.2. The molecule has 2 N–H and O–H groups in total. The lowest BCUT2D eigenvalue weighted by Crippen LogP contribution is -2.39. The van der Waals surface area contributed by atoms with Crippen molar-refractivity contribution >= 4 is 23.1 Å². The number of ketones is 1. The van der Waals surface area contributed by atoms with E-state index in [1.807, 2.05) is 57.1 Å². The van der Waals surface area contributed by atoms with Gasteiger partial charge in [-0.2, -0.15) is 0 Å². The lowest BCUT2D eigenvalue weighted by molar-refractivity contribution is -0.118. The Kier molecular flexibility index (Phi) is 6.06. The molecule has 2 aromatic rings. The van der Waals surface area contributed by atoms with E-state index in [0.29, 0.717) is 24.1 Å². The van der Waals surface area contributed by atoms with E-state index in [1.54, 1.807) is 6.92 Å². The first kappa shape index (κ1) is 23.7. The van der Waals surface area contributed by atoms with Crippen LogP contribution in [-0.4, -0.2) is 25.8 Å². The number of rotatable bonds is 4. The predicted octanol–water partition coefficient (Wildman–Crippen LogP) is 5.27. The van der Waals surface area contributed by atoms with Crippen molar-refractivity contribution in [1.29, 1.82) is 0 Å². The van der Waals surface area contributed by atoms with Crippen molar-refractivity contribution in [2.75, 3.05) is 24.3 Å². The number of allylic oxidation sites excluding steroid dienone is 3. The highest BCUT2D eigenvalue weighted by Crippen LogP contribution is 2.47. The monoisotopic (exact) mass is 465 g/mol. The first-order valence-corrected chi connectivity index (χ1v) is 11.2. The summed E-state index contributed by atoms with van der Waals surface area (Å²) in [7, 11) is 3.86. The smallest absolute Gasteiger partial charge is 0.254 e. The molecule has 0 spiro atoms. The fraction of sp³-hybridized carbons (Fsp3) is 0.333. The van der Waals surface area contributed by atoms with E-state index in [4.69, 9.17) is 0 Å². The van der Waals surface area contributed by atoms with Crippen LogP contribution < -0.4 is 15.5 Å². The van der Waals surface area contributed by atoms with Gasteiger partial charge in [0.15, 0.2) is 5.78 Å². The normalized spacial score (nSPS) is 19.5. The number of benzene rings is 2. The summed E-state index contributed by atoms with van der Waals surface area (Å²) in [6.45, 7) is 5.84. The molecule has 1 amide bonds. The number of Topliss-reactive ketones (excluding diaryl/α,β-unsaturated/α-hetero) is 1. The Morgan fingerprint density at radius 1 is 1.06 bits per heavy atom. The van der Waals surface area contributed by atoms with Crippen LogP contribution in [0.4, 0.5) is 20.2 Å². The van der Waals surface area contributed by atoms with E-state index in [2.05, 4.69) is 10.6 Å². The molecule has 0 fully saturated rings. The lowest BCUT2D eigenvalue weighted by atomic mass is 9.68.